The number of carbonyl (C=O) groups excluding carboxylic acids is 1. The summed E-state index contributed by atoms with van der Waals surface area (Å²) in [5, 5.41) is 2.89. The van der Waals surface area contributed by atoms with Crippen LogP contribution in [0.1, 0.15) is 28.4 Å². The molecule has 0 saturated carbocycles. The number of rotatable bonds is 6. The van der Waals surface area contributed by atoms with Crippen molar-refractivity contribution < 1.29 is 17.6 Å². The highest BCUT2D eigenvalue weighted by molar-refractivity contribution is 7.93. The molecule has 0 aromatic heterocycles. The van der Waals surface area contributed by atoms with Crippen molar-refractivity contribution in [3.05, 3.63) is 65.5 Å². The van der Waals surface area contributed by atoms with Crippen molar-refractivity contribution in [2.45, 2.75) is 12.5 Å². The fourth-order valence-corrected chi connectivity index (χ4v) is 4.85. The van der Waals surface area contributed by atoms with E-state index < -0.39 is 10.0 Å². The van der Waals surface area contributed by atoms with Crippen LogP contribution in [0.3, 0.4) is 0 Å². The smallest absolute Gasteiger partial charge is 0.251 e. The summed E-state index contributed by atoms with van der Waals surface area (Å²) in [6, 6.07) is 12.7. The van der Waals surface area contributed by atoms with Crippen molar-refractivity contribution in [3.63, 3.8) is 0 Å². The number of benzene rings is 2. The zero-order valence-electron chi connectivity index (χ0n) is 15.9. The average Bonchev–Trinajstić information content (AvgIpc) is 3.02. The van der Waals surface area contributed by atoms with Gasteiger partial charge in [-0.1, -0.05) is 12.1 Å². The highest BCUT2D eigenvalue weighted by Crippen LogP contribution is 2.24. The third-order valence-corrected chi connectivity index (χ3v) is 6.72. The zero-order chi connectivity index (χ0) is 20.3. The summed E-state index contributed by atoms with van der Waals surface area (Å²) < 4.78 is 38.5. The van der Waals surface area contributed by atoms with E-state index in [0.29, 0.717) is 30.8 Å². The molecule has 8 heteroatoms. The molecule has 1 fully saturated rings. The van der Waals surface area contributed by atoms with Crippen LogP contribution in [0.25, 0.3) is 0 Å². The molecule has 0 radical (unpaired) electrons. The van der Waals surface area contributed by atoms with Crippen molar-refractivity contribution in [2.75, 3.05) is 37.2 Å². The Labute approximate surface area is 165 Å². The second-order valence-corrected chi connectivity index (χ2v) is 9.04. The molecule has 1 amide bonds. The molecule has 0 bridgehead atoms. The SMILES string of the molecule is CN(C)C(CNC(=O)c1ccc(N2CCCS2(=O)=O)cc1)c1ccc(F)cc1. The van der Waals surface area contributed by atoms with Gasteiger partial charge < -0.3 is 10.2 Å². The van der Waals surface area contributed by atoms with Gasteiger partial charge in [0.2, 0.25) is 10.0 Å². The van der Waals surface area contributed by atoms with Gasteiger partial charge in [-0.3, -0.25) is 9.10 Å². The first-order valence-corrected chi connectivity index (χ1v) is 10.7. The fraction of sp³-hybridized carbons (Fsp3) is 0.350. The molecule has 2 aromatic rings. The summed E-state index contributed by atoms with van der Waals surface area (Å²) >= 11 is 0. The Morgan fingerprint density at radius 3 is 2.32 bits per heavy atom. The van der Waals surface area contributed by atoms with Gasteiger partial charge in [0.25, 0.3) is 5.91 Å². The van der Waals surface area contributed by atoms with Crippen LogP contribution in [0, 0.1) is 5.82 Å². The molecule has 1 N–H and O–H groups in total. The van der Waals surface area contributed by atoms with Gasteiger partial charge in [-0.05, 0) is 62.5 Å². The topological polar surface area (TPSA) is 69.7 Å². The lowest BCUT2D eigenvalue weighted by Crippen LogP contribution is -2.34. The maximum atomic E-state index is 13.2. The summed E-state index contributed by atoms with van der Waals surface area (Å²) in [5.74, 6) is -0.389. The monoisotopic (exact) mass is 405 g/mol. The Balaban J connectivity index is 1.66. The van der Waals surface area contributed by atoms with Crippen LogP contribution >= 0.6 is 0 Å². The van der Waals surface area contributed by atoms with Crippen LogP contribution in [0.15, 0.2) is 48.5 Å². The molecule has 3 rings (SSSR count). The number of halogens is 1. The van der Waals surface area contributed by atoms with Gasteiger partial charge in [-0.2, -0.15) is 0 Å². The van der Waals surface area contributed by atoms with Gasteiger partial charge in [0, 0.05) is 18.7 Å². The van der Waals surface area contributed by atoms with Crippen molar-refractivity contribution in [1.82, 2.24) is 10.2 Å². The minimum atomic E-state index is -3.24. The fourth-order valence-electron chi connectivity index (χ4n) is 3.28. The van der Waals surface area contributed by atoms with Gasteiger partial charge in [0.1, 0.15) is 5.82 Å². The van der Waals surface area contributed by atoms with Crippen LogP contribution in [0.2, 0.25) is 0 Å². The number of carbonyl (C=O) groups is 1. The molecule has 28 heavy (non-hydrogen) atoms. The van der Waals surface area contributed by atoms with Gasteiger partial charge in [0.15, 0.2) is 0 Å². The second kappa shape index (κ2) is 8.28. The van der Waals surface area contributed by atoms with Gasteiger partial charge in [-0.25, -0.2) is 12.8 Å². The summed E-state index contributed by atoms with van der Waals surface area (Å²) in [6.07, 6.45) is 0.611. The molecular formula is C20H24FN3O3S. The average molecular weight is 405 g/mol. The van der Waals surface area contributed by atoms with Crippen molar-refractivity contribution in [3.8, 4) is 0 Å². The van der Waals surface area contributed by atoms with E-state index in [-0.39, 0.29) is 23.5 Å². The lowest BCUT2D eigenvalue weighted by Gasteiger charge is -2.25. The minimum absolute atomic E-state index is 0.0985. The molecule has 150 valence electrons. The summed E-state index contributed by atoms with van der Waals surface area (Å²) in [4.78, 5) is 14.4. The van der Waals surface area contributed by atoms with Crippen LogP contribution < -0.4 is 9.62 Å². The van der Waals surface area contributed by atoms with Crippen LogP contribution in [-0.4, -0.2) is 52.2 Å². The van der Waals surface area contributed by atoms with E-state index >= 15 is 0 Å². The van der Waals surface area contributed by atoms with Crippen LogP contribution in [0.5, 0.6) is 0 Å². The number of anilines is 1. The number of nitrogens with zero attached hydrogens (tertiary/aromatic N) is 2. The molecule has 1 unspecified atom stereocenters. The first-order chi connectivity index (χ1) is 13.3. The first kappa shape index (κ1) is 20.3. The van der Waals surface area contributed by atoms with Gasteiger partial charge >= 0.3 is 0 Å². The first-order valence-electron chi connectivity index (χ1n) is 9.08. The molecule has 0 spiro atoms. The van der Waals surface area contributed by atoms with E-state index in [9.17, 15) is 17.6 Å². The van der Waals surface area contributed by atoms with E-state index in [1.54, 1.807) is 36.4 Å². The summed E-state index contributed by atoms with van der Waals surface area (Å²) in [6.45, 7) is 0.829. The Hall–Kier alpha value is -2.45. The van der Waals surface area contributed by atoms with Gasteiger partial charge in [-0.15, -0.1) is 0 Å². The number of likely N-dealkylation sites (N-methyl/N-ethyl adjacent to an activating group) is 1. The number of hydrogen-bond acceptors (Lipinski definition) is 4. The number of hydrogen-bond donors (Lipinski definition) is 1. The van der Waals surface area contributed by atoms with Crippen molar-refractivity contribution in [2.24, 2.45) is 0 Å². The van der Waals surface area contributed by atoms with E-state index in [1.807, 2.05) is 19.0 Å². The maximum Gasteiger partial charge on any atom is 0.251 e. The molecule has 1 atom stereocenters. The second-order valence-electron chi connectivity index (χ2n) is 7.03. The van der Waals surface area contributed by atoms with Crippen LogP contribution in [0.4, 0.5) is 10.1 Å². The number of sulfonamides is 1. The molecule has 1 aliphatic rings. The van der Waals surface area contributed by atoms with E-state index in [2.05, 4.69) is 5.32 Å². The maximum absolute atomic E-state index is 13.2. The third kappa shape index (κ3) is 4.51. The Morgan fingerprint density at radius 2 is 1.79 bits per heavy atom. The molecule has 0 aliphatic carbocycles. The molecule has 1 heterocycles. The highest BCUT2D eigenvalue weighted by Gasteiger charge is 2.28. The number of nitrogens with one attached hydrogen (secondary N) is 1. The summed E-state index contributed by atoms with van der Waals surface area (Å²) in [5.41, 5.74) is 1.93. The highest BCUT2D eigenvalue weighted by atomic mass is 32.2. The Bertz CT molecular complexity index is 928. The van der Waals surface area contributed by atoms with Gasteiger partial charge in [0.05, 0.1) is 17.5 Å². The van der Waals surface area contributed by atoms with Crippen molar-refractivity contribution in [1.29, 1.82) is 0 Å². The van der Waals surface area contributed by atoms with E-state index in [4.69, 9.17) is 0 Å². The third-order valence-electron chi connectivity index (χ3n) is 4.85. The summed E-state index contributed by atoms with van der Waals surface area (Å²) in [7, 11) is 0.551. The molecule has 2 aromatic carbocycles. The van der Waals surface area contributed by atoms with E-state index in [1.165, 1.54) is 16.4 Å². The van der Waals surface area contributed by atoms with Crippen LogP contribution in [-0.2, 0) is 10.0 Å². The molecule has 1 saturated heterocycles. The Morgan fingerprint density at radius 1 is 1.14 bits per heavy atom. The lowest BCUT2D eigenvalue weighted by molar-refractivity contribution is 0.0942. The standard InChI is InChI=1S/C20H24FN3O3S/c1-23(2)19(15-4-8-17(21)9-5-15)14-22-20(25)16-6-10-18(11-7-16)24-12-3-13-28(24,26)27/h4-11,19H,3,12-14H2,1-2H3,(H,22,25). The Kier molecular flexibility index (Phi) is 6.00. The predicted molar refractivity (Wildman–Crippen MR) is 107 cm³/mol. The number of amides is 1. The molecular weight excluding hydrogens is 381 g/mol. The molecule has 1 aliphatic heterocycles. The van der Waals surface area contributed by atoms with E-state index in [0.717, 1.165) is 5.56 Å². The molecule has 6 nitrogen and oxygen atoms in total. The lowest BCUT2D eigenvalue weighted by atomic mass is 10.1. The largest absolute Gasteiger partial charge is 0.350 e. The van der Waals surface area contributed by atoms with Crippen molar-refractivity contribution >= 4 is 21.6 Å². The quantitative estimate of drug-likeness (QED) is 0.801. The normalized spacial score (nSPS) is 16.9. The zero-order valence-corrected chi connectivity index (χ0v) is 16.7. The predicted octanol–water partition coefficient (Wildman–Crippen LogP) is 2.40. The minimum Gasteiger partial charge on any atom is -0.350 e.